The van der Waals surface area contributed by atoms with Crippen molar-refractivity contribution in [1.82, 2.24) is 5.32 Å². The molecule has 1 aliphatic carbocycles. The van der Waals surface area contributed by atoms with Crippen molar-refractivity contribution in [2.24, 2.45) is 28.3 Å². The highest BCUT2D eigenvalue weighted by Gasteiger charge is 2.52. The minimum Gasteiger partial charge on any atom is -0.481 e. The third-order valence-electron chi connectivity index (χ3n) is 4.36. The fraction of sp³-hybridized carbons (Fsp3) is 0.786. The number of rotatable bonds is 8. The predicted octanol–water partition coefficient (Wildman–Crippen LogP) is -3.42. The maximum absolute atomic E-state index is 11.6. The molecule has 0 unspecified atom stereocenters. The van der Waals surface area contributed by atoms with Gasteiger partial charge in [0, 0.05) is 20.0 Å². The van der Waals surface area contributed by atoms with Gasteiger partial charge in [-0.3, -0.25) is 9.59 Å². The molecule has 1 amide bonds. The fourth-order valence-corrected chi connectivity index (χ4v) is 3.36. The normalized spacial score (nSPS) is 29.5. The quantitative estimate of drug-likeness (QED) is 0.169. The molecule has 11 heteroatoms. The average Bonchev–Trinajstić information content (AvgIpc) is 2.82. The minimum absolute atomic E-state index is 0.0548. The van der Waals surface area contributed by atoms with Crippen molar-refractivity contribution in [2.75, 3.05) is 13.7 Å². The Labute approximate surface area is 144 Å². The van der Waals surface area contributed by atoms with Gasteiger partial charge >= 0.3 is 5.97 Å². The van der Waals surface area contributed by atoms with Crippen LogP contribution in [0.15, 0.2) is 4.99 Å². The molecule has 9 N–H and O–H groups in total. The number of methoxy groups -OCH3 is 1. The first-order valence-corrected chi connectivity index (χ1v) is 7.72. The number of hydrogen-bond donors (Lipinski definition) is 7. The highest BCUT2D eigenvalue weighted by molar-refractivity contribution is 5.77. The van der Waals surface area contributed by atoms with Gasteiger partial charge in [-0.25, -0.2) is 4.99 Å². The second kappa shape index (κ2) is 8.94. The Balaban J connectivity index is 3.32. The van der Waals surface area contributed by atoms with Crippen molar-refractivity contribution < 1.29 is 34.8 Å². The molecular formula is C14H26N4O7. The van der Waals surface area contributed by atoms with Crippen LogP contribution in [0, 0.1) is 11.8 Å². The number of nitrogens with zero attached hydrogens (tertiary/aromatic N) is 1. The smallest absolute Gasteiger partial charge is 0.309 e. The summed E-state index contributed by atoms with van der Waals surface area (Å²) in [5.41, 5.74) is 10.8. The van der Waals surface area contributed by atoms with Gasteiger partial charge < -0.3 is 41.9 Å². The second-order valence-electron chi connectivity index (χ2n) is 6.05. The summed E-state index contributed by atoms with van der Waals surface area (Å²) in [6, 6.07) is -1.85. The number of aliphatic imine (C=N–C) groups is 1. The summed E-state index contributed by atoms with van der Waals surface area (Å²) >= 11 is 0. The number of aliphatic carboxylic acids is 1. The van der Waals surface area contributed by atoms with Crippen LogP contribution >= 0.6 is 0 Å². The molecule has 144 valence electrons. The maximum Gasteiger partial charge on any atom is 0.309 e. The number of aliphatic hydroxyl groups is 3. The Kier molecular flexibility index (Phi) is 7.55. The summed E-state index contributed by atoms with van der Waals surface area (Å²) in [4.78, 5) is 27.0. The molecule has 1 aliphatic rings. The summed E-state index contributed by atoms with van der Waals surface area (Å²) in [5.74, 6) is -4.13. The number of guanidine groups is 1. The van der Waals surface area contributed by atoms with Crippen molar-refractivity contribution in [1.29, 1.82) is 0 Å². The molecule has 1 fully saturated rings. The van der Waals surface area contributed by atoms with Crippen LogP contribution in [0.5, 0.6) is 0 Å². The molecule has 1 saturated carbocycles. The zero-order valence-corrected chi connectivity index (χ0v) is 14.1. The lowest BCUT2D eigenvalue weighted by molar-refractivity contribution is -0.145. The van der Waals surface area contributed by atoms with Gasteiger partial charge in [0.2, 0.25) is 5.91 Å². The third-order valence-corrected chi connectivity index (χ3v) is 4.36. The molecule has 0 spiro atoms. The van der Waals surface area contributed by atoms with Gasteiger partial charge in [-0.05, 0) is 6.42 Å². The van der Waals surface area contributed by atoms with E-state index < -0.39 is 60.7 Å². The molecule has 25 heavy (non-hydrogen) atoms. The molecule has 0 heterocycles. The first-order chi connectivity index (χ1) is 11.6. The van der Waals surface area contributed by atoms with Crippen LogP contribution in [0.4, 0.5) is 0 Å². The molecule has 0 aromatic carbocycles. The van der Waals surface area contributed by atoms with Crippen molar-refractivity contribution in [3.05, 3.63) is 0 Å². The number of nitrogens with two attached hydrogens (primary N) is 2. The number of amides is 1. The monoisotopic (exact) mass is 362 g/mol. The highest BCUT2D eigenvalue weighted by atomic mass is 16.5. The molecule has 0 aromatic rings. The molecule has 0 saturated heterocycles. The van der Waals surface area contributed by atoms with Crippen LogP contribution < -0.4 is 16.8 Å². The first kappa shape index (κ1) is 21.1. The zero-order valence-electron chi connectivity index (χ0n) is 14.1. The predicted molar refractivity (Wildman–Crippen MR) is 86.3 cm³/mol. The van der Waals surface area contributed by atoms with E-state index in [-0.39, 0.29) is 12.4 Å². The highest BCUT2D eigenvalue weighted by Crippen LogP contribution is 2.38. The largest absolute Gasteiger partial charge is 0.481 e. The van der Waals surface area contributed by atoms with E-state index in [0.717, 1.165) is 0 Å². The molecule has 11 nitrogen and oxygen atoms in total. The Morgan fingerprint density at radius 1 is 1.40 bits per heavy atom. The Morgan fingerprint density at radius 2 is 2.00 bits per heavy atom. The van der Waals surface area contributed by atoms with Gasteiger partial charge in [0.15, 0.2) is 5.96 Å². The number of carbonyl (C=O) groups excluding carboxylic acids is 1. The molecule has 0 aromatic heterocycles. The Hall–Kier alpha value is -1.95. The molecular weight excluding hydrogens is 336 g/mol. The van der Waals surface area contributed by atoms with Crippen LogP contribution in [-0.4, -0.2) is 82.4 Å². The SMILES string of the molecule is CO[C@H]([C@@H](NC(C)=O)[C@H]1[C@H](O)[C@@H](C(=O)O)C[C@H]1N=C(N)N)[C@@H](O)CO. The van der Waals surface area contributed by atoms with E-state index in [1.807, 2.05) is 0 Å². The van der Waals surface area contributed by atoms with Crippen molar-refractivity contribution >= 4 is 17.8 Å². The molecule has 0 radical (unpaired) electrons. The van der Waals surface area contributed by atoms with Gasteiger partial charge in [0.25, 0.3) is 0 Å². The minimum atomic E-state index is -1.40. The van der Waals surface area contributed by atoms with Crippen LogP contribution in [0.3, 0.4) is 0 Å². The number of aliphatic hydroxyl groups excluding tert-OH is 3. The average molecular weight is 362 g/mol. The number of nitrogens with one attached hydrogen (secondary N) is 1. The van der Waals surface area contributed by atoms with Gasteiger partial charge in [-0.2, -0.15) is 0 Å². The summed E-state index contributed by atoms with van der Waals surface area (Å²) in [7, 11) is 1.25. The number of carboxylic acids is 1. The van der Waals surface area contributed by atoms with Crippen molar-refractivity contribution in [3.8, 4) is 0 Å². The van der Waals surface area contributed by atoms with Crippen LogP contribution in [0.25, 0.3) is 0 Å². The summed E-state index contributed by atoms with van der Waals surface area (Å²) in [6.45, 7) is 0.559. The topological polar surface area (TPSA) is 201 Å². The van der Waals surface area contributed by atoms with Gasteiger partial charge in [-0.15, -0.1) is 0 Å². The first-order valence-electron chi connectivity index (χ1n) is 7.72. The zero-order chi connectivity index (χ0) is 19.3. The van der Waals surface area contributed by atoms with E-state index in [1.54, 1.807) is 0 Å². The number of carboxylic acid groups (broad SMARTS) is 1. The molecule has 0 bridgehead atoms. The lowest BCUT2D eigenvalue weighted by Gasteiger charge is -2.36. The molecule has 1 rings (SSSR count). The van der Waals surface area contributed by atoms with E-state index in [9.17, 15) is 30.0 Å². The second-order valence-corrected chi connectivity index (χ2v) is 6.05. The van der Waals surface area contributed by atoms with Crippen LogP contribution in [0.1, 0.15) is 13.3 Å². The summed E-state index contributed by atoms with van der Waals surface area (Å²) < 4.78 is 5.18. The van der Waals surface area contributed by atoms with Gasteiger partial charge in [0.05, 0.1) is 30.7 Å². The van der Waals surface area contributed by atoms with Crippen LogP contribution in [-0.2, 0) is 14.3 Å². The van der Waals surface area contributed by atoms with E-state index >= 15 is 0 Å². The standard InChI is InChI=1S/C14H26N4O7/c1-5(20)17-10(12(25-2)8(21)4-19)9-7(18-14(15)16)3-6(11(9)22)13(23)24/h6-12,19,21-22H,3-4H2,1-2H3,(H,17,20)(H,23,24)(H4,15,16,18)/t6-,7+,8-,9-,10-,11+,12-/m0/s1. The fourth-order valence-electron chi connectivity index (χ4n) is 3.36. The Bertz CT molecular complexity index is 511. The lowest BCUT2D eigenvalue weighted by atomic mass is 9.85. The summed E-state index contributed by atoms with van der Waals surface area (Å²) in [6.07, 6.45) is -3.94. The van der Waals surface area contributed by atoms with Gasteiger partial charge in [-0.1, -0.05) is 0 Å². The molecule has 0 aliphatic heterocycles. The lowest BCUT2D eigenvalue weighted by Crippen LogP contribution is -2.57. The van der Waals surface area contributed by atoms with Crippen molar-refractivity contribution in [2.45, 2.75) is 43.7 Å². The number of hydrogen-bond acceptors (Lipinski definition) is 7. The summed E-state index contributed by atoms with van der Waals surface area (Å²) in [5, 5.41) is 41.5. The number of carbonyl (C=O) groups is 2. The van der Waals surface area contributed by atoms with E-state index in [2.05, 4.69) is 10.3 Å². The van der Waals surface area contributed by atoms with Crippen LogP contribution in [0.2, 0.25) is 0 Å². The maximum atomic E-state index is 11.6. The van der Waals surface area contributed by atoms with Gasteiger partial charge in [0.1, 0.15) is 12.2 Å². The third kappa shape index (κ3) is 5.01. The van der Waals surface area contributed by atoms with E-state index in [1.165, 1.54) is 14.0 Å². The number of ether oxygens (including phenoxy) is 1. The van der Waals surface area contributed by atoms with E-state index in [0.29, 0.717) is 0 Å². The van der Waals surface area contributed by atoms with E-state index in [4.69, 9.17) is 16.2 Å². The molecule has 7 atom stereocenters. The van der Waals surface area contributed by atoms with Crippen molar-refractivity contribution in [3.63, 3.8) is 0 Å². The Morgan fingerprint density at radius 3 is 2.40 bits per heavy atom.